The van der Waals surface area contributed by atoms with Crippen molar-refractivity contribution in [1.29, 1.82) is 0 Å². The molecule has 0 spiro atoms. The number of rotatable bonds is 4. The van der Waals surface area contributed by atoms with Crippen LogP contribution in [0.4, 0.5) is 11.9 Å². The molecule has 162 valence electrons. The normalized spacial score (nSPS) is 17.6. The van der Waals surface area contributed by atoms with E-state index in [0.29, 0.717) is 25.0 Å². The van der Waals surface area contributed by atoms with Crippen molar-refractivity contribution in [3.8, 4) is 17.3 Å². The van der Waals surface area contributed by atoms with Gasteiger partial charge in [-0.3, -0.25) is 4.57 Å². The third kappa shape index (κ3) is 4.36. The number of imidazole rings is 1. The number of nitrogens with zero attached hydrogens (tertiary/aromatic N) is 8. The molecule has 0 saturated carbocycles. The lowest BCUT2D eigenvalue weighted by molar-refractivity contribution is 0.122. The largest absolute Gasteiger partial charge is 0.378 e. The summed E-state index contributed by atoms with van der Waals surface area (Å²) in [7, 11) is 0. The minimum atomic E-state index is 0.607. The Kier molecular flexibility index (Phi) is 5.75. The Labute approximate surface area is 182 Å². The number of anilines is 2. The second-order valence-electron chi connectivity index (χ2n) is 7.99. The smallest absolute Gasteiger partial charge is 0.230 e. The number of pyridine rings is 1. The van der Waals surface area contributed by atoms with Crippen molar-refractivity contribution in [2.45, 2.75) is 32.6 Å². The Balaban J connectivity index is 1.55. The van der Waals surface area contributed by atoms with Crippen molar-refractivity contribution in [3.63, 3.8) is 0 Å². The van der Waals surface area contributed by atoms with Crippen LogP contribution in [0, 0.1) is 6.92 Å². The first-order chi connectivity index (χ1) is 15.3. The highest BCUT2D eigenvalue weighted by atomic mass is 16.5. The van der Waals surface area contributed by atoms with E-state index in [2.05, 4.69) is 14.8 Å². The van der Waals surface area contributed by atoms with Gasteiger partial charge in [0.05, 0.1) is 13.2 Å². The van der Waals surface area contributed by atoms with Gasteiger partial charge in [0.15, 0.2) is 5.82 Å². The summed E-state index contributed by atoms with van der Waals surface area (Å²) in [5, 5.41) is 0. The molecule has 5 heterocycles. The zero-order valence-corrected chi connectivity index (χ0v) is 17.9. The molecule has 0 bridgehead atoms. The summed E-state index contributed by atoms with van der Waals surface area (Å²) < 4.78 is 7.48. The number of hydrogen-bond donors (Lipinski definition) is 0. The summed E-state index contributed by atoms with van der Waals surface area (Å²) in [5.74, 6) is 3.75. The lowest BCUT2D eigenvalue weighted by atomic mass is 10.2. The van der Waals surface area contributed by atoms with Gasteiger partial charge in [-0.25, -0.2) is 9.97 Å². The van der Waals surface area contributed by atoms with Crippen molar-refractivity contribution in [3.05, 3.63) is 36.4 Å². The number of ether oxygens (including phenoxy) is 1. The summed E-state index contributed by atoms with van der Waals surface area (Å²) >= 11 is 0. The van der Waals surface area contributed by atoms with E-state index in [1.54, 1.807) is 6.20 Å². The molecule has 3 aromatic heterocycles. The van der Waals surface area contributed by atoms with Gasteiger partial charge in [-0.05, 0) is 31.9 Å². The molecule has 0 aromatic carbocycles. The fourth-order valence-corrected chi connectivity index (χ4v) is 4.09. The molecule has 3 aromatic rings. The summed E-state index contributed by atoms with van der Waals surface area (Å²) in [6, 6.07) is 5.92. The zero-order valence-electron chi connectivity index (χ0n) is 17.9. The summed E-state index contributed by atoms with van der Waals surface area (Å²) in [4.78, 5) is 28.2. The fourth-order valence-electron chi connectivity index (χ4n) is 4.09. The predicted octanol–water partition coefficient (Wildman–Crippen LogP) is 2.64. The van der Waals surface area contributed by atoms with Crippen LogP contribution in [0.5, 0.6) is 0 Å². The van der Waals surface area contributed by atoms with Crippen molar-refractivity contribution >= 4 is 11.9 Å². The SMILES string of the molecule is Cc1nccn1-c1cccc(-c2nc(N3CCCCCC3)nc(N3CCOCC3)n2)n1. The molecule has 2 aliphatic heterocycles. The average Bonchev–Trinajstić information content (AvgIpc) is 3.08. The van der Waals surface area contributed by atoms with Crippen LogP contribution in [-0.2, 0) is 4.74 Å². The Morgan fingerprint density at radius 1 is 0.806 bits per heavy atom. The number of aryl methyl sites for hydroxylation is 1. The molecule has 2 fully saturated rings. The molecule has 0 unspecified atom stereocenters. The van der Waals surface area contributed by atoms with Gasteiger partial charge in [-0.2, -0.15) is 15.0 Å². The van der Waals surface area contributed by atoms with E-state index in [4.69, 9.17) is 24.7 Å². The van der Waals surface area contributed by atoms with Crippen LogP contribution in [0.25, 0.3) is 17.3 Å². The van der Waals surface area contributed by atoms with E-state index >= 15 is 0 Å². The fraction of sp³-hybridized carbons (Fsp3) is 0.500. The highest BCUT2D eigenvalue weighted by molar-refractivity contribution is 5.56. The van der Waals surface area contributed by atoms with Gasteiger partial charge in [0, 0.05) is 38.6 Å². The molecule has 2 aliphatic rings. The highest BCUT2D eigenvalue weighted by Gasteiger charge is 2.21. The Bertz CT molecular complexity index is 1020. The maximum Gasteiger partial charge on any atom is 0.230 e. The quantitative estimate of drug-likeness (QED) is 0.637. The van der Waals surface area contributed by atoms with Crippen LogP contribution in [0.3, 0.4) is 0 Å². The van der Waals surface area contributed by atoms with E-state index < -0.39 is 0 Å². The summed E-state index contributed by atoms with van der Waals surface area (Å²) in [6.45, 7) is 6.86. The van der Waals surface area contributed by atoms with Crippen LogP contribution < -0.4 is 9.80 Å². The molecule has 0 amide bonds. The van der Waals surface area contributed by atoms with Crippen LogP contribution in [0.2, 0.25) is 0 Å². The van der Waals surface area contributed by atoms with E-state index in [1.165, 1.54) is 25.7 Å². The Morgan fingerprint density at radius 3 is 2.19 bits per heavy atom. The molecule has 31 heavy (non-hydrogen) atoms. The number of hydrogen-bond acceptors (Lipinski definition) is 8. The van der Waals surface area contributed by atoms with Crippen LogP contribution in [0.15, 0.2) is 30.6 Å². The van der Waals surface area contributed by atoms with Crippen molar-refractivity contribution in [2.24, 2.45) is 0 Å². The summed E-state index contributed by atoms with van der Waals surface area (Å²) in [5.41, 5.74) is 0.735. The first kappa shape index (κ1) is 19.9. The minimum Gasteiger partial charge on any atom is -0.378 e. The molecule has 9 nitrogen and oxygen atoms in total. The Hall–Kier alpha value is -3.07. The first-order valence-corrected chi connectivity index (χ1v) is 11.1. The van der Waals surface area contributed by atoms with Crippen molar-refractivity contribution < 1.29 is 4.74 Å². The molecule has 0 radical (unpaired) electrons. The van der Waals surface area contributed by atoms with Crippen LogP contribution >= 0.6 is 0 Å². The van der Waals surface area contributed by atoms with Crippen LogP contribution in [-0.4, -0.2) is 68.9 Å². The summed E-state index contributed by atoms with van der Waals surface area (Å²) in [6.07, 6.45) is 8.55. The molecular formula is C22H28N8O. The molecule has 0 aliphatic carbocycles. The molecule has 5 rings (SSSR count). The molecule has 0 atom stereocenters. The van der Waals surface area contributed by atoms with Crippen molar-refractivity contribution in [1.82, 2.24) is 29.5 Å². The maximum atomic E-state index is 5.52. The van der Waals surface area contributed by atoms with Gasteiger partial charge in [0.1, 0.15) is 17.3 Å². The predicted molar refractivity (Wildman–Crippen MR) is 119 cm³/mol. The van der Waals surface area contributed by atoms with E-state index in [9.17, 15) is 0 Å². The molecule has 2 saturated heterocycles. The van der Waals surface area contributed by atoms with Gasteiger partial charge in [0.2, 0.25) is 11.9 Å². The Morgan fingerprint density at radius 2 is 1.52 bits per heavy atom. The van der Waals surface area contributed by atoms with Gasteiger partial charge >= 0.3 is 0 Å². The number of aromatic nitrogens is 6. The first-order valence-electron chi connectivity index (χ1n) is 11.1. The lowest BCUT2D eigenvalue weighted by Crippen LogP contribution is -2.38. The second kappa shape index (κ2) is 8.97. The van der Waals surface area contributed by atoms with Gasteiger partial charge in [-0.15, -0.1) is 0 Å². The van der Waals surface area contributed by atoms with Crippen molar-refractivity contribution in [2.75, 3.05) is 49.2 Å². The zero-order chi connectivity index (χ0) is 21.0. The van der Waals surface area contributed by atoms with Gasteiger partial charge < -0.3 is 14.5 Å². The average molecular weight is 421 g/mol. The van der Waals surface area contributed by atoms with E-state index in [-0.39, 0.29) is 0 Å². The van der Waals surface area contributed by atoms with Crippen LogP contribution in [0.1, 0.15) is 31.5 Å². The topological polar surface area (TPSA) is 85.1 Å². The van der Waals surface area contributed by atoms with E-state index in [1.807, 2.05) is 35.9 Å². The monoisotopic (exact) mass is 420 g/mol. The van der Waals surface area contributed by atoms with Gasteiger partial charge in [-0.1, -0.05) is 18.9 Å². The molecular weight excluding hydrogens is 392 g/mol. The van der Waals surface area contributed by atoms with E-state index in [0.717, 1.165) is 49.5 Å². The third-order valence-corrected chi connectivity index (χ3v) is 5.83. The third-order valence-electron chi connectivity index (χ3n) is 5.83. The lowest BCUT2D eigenvalue weighted by Gasteiger charge is -2.28. The standard InChI is InChI=1S/C22H28N8O/c1-17-23-9-12-30(17)19-8-6-7-18(24-19)20-25-21(28-10-4-2-3-5-11-28)27-22(26-20)29-13-15-31-16-14-29/h6-9,12H,2-5,10-11,13-16H2,1H3. The molecule has 0 N–H and O–H groups in total. The highest BCUT2D eigenvalue weighted by Crippen LogP contribution is 2.24. The molecule has 9 heteroatoms. The second-order valence-corrected chi connectivity index (χ2v) is 7.99. The van der Waals surface area contributed by atoms with Gasteiger partial charge in [0.25, 0.3) is 0 Å². The maximum absolute atomic E-state index is 5.52. The minimum absolute atomic E-state index is 0.607. The number of morpholine rings is 1.